The minimum Gasteiger partial charge on any atom is -0.443 e. The highest BCUT2D eigenvalue weighted by Gasteiger charge is 2.41. The summed E-state index contributed by atoms with van der Waals surface area (Å²) in [6.45, 7) is 15.0. The molecule has 1 aliphatic rings. The number of nitrogens with one attached hydrogen (secondary N) is 2. The third-order valence-corrected chi connectivity index (χ3v) is 11.5. The molecule has 336 valence electrons. The van der Waals surface area contributed by atoms with Crippen molar-refractivity contribution in [1.29, 1.82) is 0 Å². The molecule has 2 atom stereocenters. The molecule has 3 amide bonds. The highest BCUT2D eigenvalue weighted by atomic mass is 32.2. The molecule has 3 heterocycles. The Balaban J connectivity index is 1.46. The van der Waals surface area contributed by atoms with Crippen LogP contribution >= 0.6 is 0 Å². The van der Waals surface area contributed by atoms with Crippen molar-refractivity contribution in [3.63, 3.8) is 0 Å². The number of rotatable bonds is 11. The second kappa shape index (κ2) is 17.4. The fourth-order valence-electron chi connectivity index (χ4n) is 6.66. The third kappa shape index (κ3) is 11.1. The van der Waals surface area contributed by atoms with Gasteiger partial charge in [0.25, 0.3) is 5.91 Å². The van der Waals surface area contributed by atoms with Gasteiger partial charge in [0.1, 0.15) is 22.7 Å². The summed E-state index contributed by atoms with van der Waals surface area (Å²) >= 11 is 0. The first kappa shape index (κ1) is 46.7. The van der Waals surface area contributed by atoms with Gasteiger partial charge in [0, 0.05) is 30.0 Å². The van der Waals surface area contributed by atoms with Gasteiger partial charge in [0.15, 0.2) is 11.5 Å². The molecule has 0 saturated heterocycles. The van der Waals surface area contributed by atoms with E-state index >= 15 is 4.39 Å². The molecule has 18 heteroatoms. The van der Waals surface area contributed by atoms with Gasteiger partial charge in [-0.05, 0) is 140 Å². The Kier molecular flexibility index (Phi) is 12.9. The molecule has 6 rings (SSSR count). The minimum atomic E-state index is -5.01. The lowest BCUT2D eigenvalue weighted by atomic mass is 9.79. The van der Waals surface area contributed by atoms with E-state index in [9.17, 15) is 31.8 Å². The lowest BCUT2D eigenvalue weighted by molar-refractivity contribution is -0.141. The standard InChI is InChI=1S/C45H51F4N7O6S/c1-41(2,3)61-39(58)55(40(59)62-42(4,5)6)37-32-25-31(14-12-28(32)17-23-51-37)56-35(26-36(53-56)45(47,48)49)38(57)52-34-24-30(13-15-33(34)46)44(20-16-27-10-11-27,29-18-21-50-22-19-29)54-63(60)43(7,8)9/h12-15,17-19,21-27,54H,10-11,16,20H2,1-9H3,(H,52,57). The van der Waals surface area contributed by atoms with Crippen molar-refractivity contribution in [2.45, 2.75) is 116 Å². The van der Waals surface area contributed by atoms with E-state index < -0.39 is 73.9 Å². The third-order valence-electron chi connectivity index (χ3n) is 9.90. The Morgan fingerprint density at radius 2 is 1.46 bits per heavy atom. The number of alkyl halides is 3. The average molecular weight is 894 g/mol. The van der Waals surface area contributed by atoms with Gasteiger partial charge < -0.3 is 14.8 Å². The number of ether oxygens (including phenoxy) is 2. The summed E-state index contributed by atoms with van der Waals surface area (Å²) in [4.78, 5) is 50.4. The molecule has 0 spiro atoms. The molecule has 2 aromatic carbocycles. The minimum absolute atomic E-state index is 0.0830. The predicted molar refractivity (Wildman–Crippen MR) is 231 cm³/mol. The Bertz CT molecular complexity index is 2520. The predicted octanol–water partition coefficient (Wildman–Crippen LogP) is 10.4. The normalized spacial score (nSPS) is 15.1. The number of carbonyl (C=O) groups is 3. The number of benzene rings is 2. The lowest BCUT2D eigenvalue weighted by Gasteiger charge is -2.38. The maximum Gasteiger partial charge on any atom is 0.435 e. The Morgan fingerprint density at radius 1 is 0.825 bits per heavy atom. The van der Waals surface area contributed by atoms with Gasteiger partial charge in [-0.25, -0.2) is 32.6 Å². The molecule has 2 N–H and O–H groups in total. The second-order valence-corrected chi connectivity index (χ2v) is 20.4. The van der Waals surface area contributed by atoms with Crippen LogP contribution in [-0.4, -0.2) is 58.0 Å². The van der Waals surface area contributed by atoms with Crippen LogP contribution < -0.4 is 14.9 Å². The summed E-state index contributed by atoms with van der Waals surface area (Å²) in [6.07, 6.45) is 0.479. The number of nitrogens with zero attached hydrogens (tertiary/aromatic N) is 5. The number of anilines is 2. The van der Waals surface area contributed by atoms with E-state index in [1.807, 2.05) is 20.8 Å². The molecule has 3 aromatic heterocycles. The number of fused-ring (bicyclic) bond motifs is 1. The first-order valence-electron chi connectivity index (χ1n) is 20.3. The summed E-state index contributed by atoms with van der Waals surface area (Å²) in [5, 5.41) is 6.70. The number of imide groups is 1. The molecule has 5 aromatic rings. The van der Waals surface area contributed by atoms with Crippen molar-refractivity contribution < 1.29 is 45.6 Å². The largest absolute Gasteiger partial charge is 0.443 e. The van der Waals surface area contributed by atoms with E-state index in [-0.39, 0.29) is 22.6 Å². The van der Waals surface area contributed by atoms with Gasteiger partial charge in [-0.3, -0.25) is 9.78 Å². The molecule has 0 bridgehead atoms. The van der Waals surface area contributed by atoms with Crippen molar-refractivity contribution in [2.75, 3.05) is 10.2 Å². The van der Waals surface area contributed by atoms with Gasteiger partial charge in [0.05, 0.1) is 32.6 Å². The molecule has 13 nitrogen and oxygen atoms in total. The van der Waals surface area contributed by atoms with Gasteiger partial charge in [-0.1, -0.05) is 25.0 Å². The number of hydrogen-bond donors (Lipinski definition) is 2. The number of pyridine rings is 2. The van der Waals surface area contributed by atoms with Crippen LogP contribution in [0.15, 0.2) is 79.3 Å². The van der Waals surface area contributed by atoms with Crippen molar-refractivity contribution in [3.05, 3.63) is 108 Å². The van der Waals surface area contributed by atoms with Crippen LogP contribution in [0.3, 0.4) is 0 Å². The molecule has 2 unspecified atom stereocenters. The first-order valence-corrected chi connectivity index (χ1v) is 21.4. The Hall–Kier alpha value is -5.75. The Morgan fingerprint density at radius 3 is 2.03 bits per heavy atom. The van der Waals surface area contributed by atoms with Crippen molar-refractivity contribution in [1.82, 2.24) is 24.5 Å². The van der Waals surface area contributed by atoms with E-state index in [1.165, 1.54) is 36.5 Å². The summed E-state index contributed by atoms with van der Waals surface area (Å²) in [5.74, 6) is -1.86. The average Bonchev–Trinajstić information content (AvgIpc) is 3.89. The van der Waals surface area contributed by atoms with Crippen LogP contribution in [0.1, 0.15) is 115 Å². The molecule has 0 radical (unpaired) electrons. The van der Waals surface area contributed by atoms with E-state index in [1.54, 1.807) is 72.1 Å². The van der Waals surface area contributed by atoms with Crippen LogP contribution in [0.2, 0.25) is 0 Å². The summed E-state index contributed by atoms with van der Waals surface area (Å²) < 4.78 is 87.2. The molecule has 1 fully saturated rings. The van der Waals surface area contributed by atoms with E-state index in [4.69, 9.17) is 9.47 Å². The topological polar surface area (TPSA) is 158 Å². The molecule has 0 aliphatic heterocycles. The fraction of sp³-hybridized carbons (Fsp3) is 0.422. The van der Waals surface area contributed by atoms with Crippen LogP contribution in [-0.2, 0) is 32.2 Å². The van der Waals surface area contributed by atoms with Crippen LogP contribution in [0.4, 0.5) is 38.7 Å². The Labute approximate surface area is 365 Å². The SMILES string of the molecule is CC(C)(C)OC(=O)N(C(=O)OC(C)(C)C)c1nccc2ccc(-n3nc(C(F)(F)F)cc3C(=O)Nc3cc(C(CCC4CC4)(NS(=O)C(C)(C)C)c4ccncc4)ccc3F)cc12. The molecular weight excluding hydrogens is 843 g/mol. The number of carbonyl (C=O) groups excluding carboxylic acids is 3. The summed E-state index contributed by atoms with van der Waals surface area (Å²) in [6, 6.07) is 13.8. The number of aromatic nitrogens is 4. The maximum atomic E-state index is 15.9. The highest BCUT2D eigenvalue weighted by molar-refractivity contribution is 7.84. The monoisotopic (exact) mass is 893 g/mol. The van der Waals surface area contributed by atoms with Gasteiger partial charge in [-0.2, -0.15) is 23.2 Å². The second-order valence-electron chi connectivity index (χ2n) is 18.4. The maximum absolute atomic E-state index is 15.9. The van der Waals surface area contributed by atoms with Gasteiger partial charge in [0.2, 0.25) is 0 Å². The molecule has 1 saturated carbocycles. The zero-order valence-electron chi connectivity index (χ0n) is 36.5. The first-order chi connectivity index (χ1) is 29.3. The van der Waals surface area contributed by atoms with E-state index in [2.05, 4.69) is 25.1 Å². The van der Waals surface area contributed by atoms with Crippen LogP contribution in [0, 0.1) is 11.7 Å². The molecule has 63 heavy (non-hydrogen) atoms. The zero-order valence-corrected chi connectivity index (χ0v) is 37.3. The van der Waals surface area contributed by atoms with Crippen molar-refractivity contribution >= 4 is 51.4 Å². The quantitative estimate of drug-likeness (QED) is 0.123. The highest BCUT2D eigenvalue weighted by Crippen LogP contribution is 2.43. The smallest absolute Gasteiger partial charge is 0.435 e. The van der Waals surface area contributed by atoms with E-state index in [0.29, 0.717) is 39.8 Å². The number of hydrogen-bond acceptors (Lipinski definition) is 9. The number of halogens is 4. The molecule has 1 aliphatic carbocycles. The zero-order chi connectivity index (χ0) is 46.3. The number of amides is 3. The van der Waals surface area contributed by atoms with Gasteiger partial charge in [-0.15, -0.1) is 0 Å². The van der Waals surface area contributed by atoms with Crippen molar-refractivity contribution in [3.8, 4) is 5.69 Å². The van der Waals surface area contributed by atoms with Crippen LogP contribution in [0.5, 0.6) is 0 Å². The summed E-state index contributed by atoms with van der Waals surface area (Å²) in [7, 11) is -1.64. The van der Waals surface area contributed by atoms with E-state index in [0.717, 1.165) is 30.0 Å². The fourth-order valence-corrected chi connectivity index (χ4v) is 7.62. The van der Waals surface area contributed by atoms with Crippen molar-refractivity contribution in [2.24, 2.45) is 5.92 Å². The lowest BCUT2D eigenvalue weighted by Crippen LogP contribution is -2.49. The van der Waals surface area contributed by atoms with Gasteiger partial charge >= 0.3 is 18.4 Å². The summed E-state index contributed by atoms with van der Waals surface area (Å²) in [5.41, 5.74) is -4.67. The van der Waals surface area contributed by atoms with Crippen LogP contribution in [0.25, 0.3) is 16.5 Å². The molecular formula is C45H51F4N7O6S.